The number of unbranched alkanes of at least 4 members (excludes halogenated alkanes) is 1. The van der Waals surface area contributed by atoms with Crippen LogP contribution in [-0.2, 0) is 60.8 Å². The number of aliphatic hydroxyl groups is 1. The summed E-state index contributed by atoms with van der Waals surface area (Å²) >= 11 is 0. The van der Waals surface area contributed by atoms with E-state index in [1.54, 1.807) is 125 Å². The van der Waals surface area contributed by atoms with Crippen LogP contribution >= 0.6 is 0 Å². The number of hydrogen-bond donors (Lipinski definition) is 14. The molecule has 27 heteroatoms. The van der Waals surface area contributed by atoms with Crippen molar-refractivity contribution in [2.75, 3.05) is 31.6 Å². The van der Waals surface area contributed by atoms with Gasteiger partial charge in [-0.3, -0.25) is 57.7 Å². The highest BCUT2D eigenvalue weighted by Crippen LogP contribution is 2.24. The van der Waals surface area contributed by atoms with Gasteiger partial charge in [0.1, 0.15) is 54.4 Å². The van der Waals surface area contributed by atoms with E-state index in [0.717, 1.165) is 0 Å². The van der Waals surface area contributed by atoms with E-state index >= 15 is 0 Å². The molecule has 27 nitrogen and oxygen atoms in total. The molecule has 6 rings (SSSR count). The van der Waals surface area contributed by atoms with Crippen LogP contribution in [0.25, 0.3) is 0 Å². The smallest absolute Gasteiger partial charge is 0.305 e. The third-order valence-corrected chi connectivity index (χ3v) is 16.4. The monoisotopic (exact) mass is 1320 g/mol. The number of carboxylic acid groups (broad SMARTS) is 1. The molecular formula is C69H90N14O13. The van der Waals surface area contributed by atoms with Crippen LogP contribution in [0.4, 0.5) is 5.69 Å². The third kappa shape index (κ3) is 22.8. The Morgan fingerprint density at radius 3 is 1.66 bits per heavy atom. The fourth-order valence-electron chi connectivity index (χ4n) is 11.1. The number of hydrogen-bond acceptors (Lipinski definition) is 14. The van der Waals surface area contributed by atoms with Crippen molar-refractivity contribution in [2.24, 2.45) is 34.0 Å². The number of nitrogens with two attached hydrogens (primary N) is 3. The lowest BCUT2D eigenvalue weighted by Crippen LogP contribution is -2.61. The fourth-order valence-corrected chi connectivity index (χ4v) is 11.1. The summed E-state index contributed by atoms with van der Waals surface area (Å²) in [6.07, 6.45) is 0.309. The third-order valence-electron chi connectivity index (χ3n) is 16.4. The predicted octanol–water partition coefficient (Wildman–Crippen LogP) is 0.749. The van der Waals surface area contributed by atoms with Crippen molar-refractivity contribution < 1.29 is 63.0 Å². The van der Waals surface area contributed by atoms with E-state index in [0.29, 0.717) is 36.8 Å². The maximum Gasteiger partial charge on any atom is 0.305 e. The minimum absolute atomic E-state index is 0.00625. The average molecular weight is 1320 g/mol. The van der Waals surface area contributed by atoms with Gasteiger partial charge < -0.3 is 80.2 Å². The number of amides is 10. The van der Waals surface area contributed by atoms with E-state index in [2.05, 4.69) is 64.7 Å². The van der Waals surface area contributed by atoms with Gasteiger partial charge in [-0.25, -0.2) is 0 Å². The number of guanidine groups is 1. The Balaban J connectivity index is 1.44. The predicted molar refractivity (Wildman–Crippen MR) is 358 cm³/mol. The van der Waals surface area contributed by atoms with Crippen LogP contribution in [0.15, 0.2) is 114 Å². The van der Waals surface area contributed by atoms with Crippen molar-refractivity contribution >= 4 is 76.7 Å². The molecule has 0 radical (unpaired) electrons. The van der Waals surface area contributed by atoms with E-state index in [-0.39, 0.29) is 98.8 Å². The Kier molecular flexibility index (Phi) is 29.3. The average Bonchev–Trinajstić information content (AvgIpc) is 1.42. The van der Waals surface area contributed by atoms with Gasteiger partial charge in [0.15, 0.2) is 5.96 Å². The van der Waals surface area contributed by atoms with Gasteiger partial charge in [-0.15, -0.1) is 0 Å². The summed E-state index contributed by atoms with van der Waals surface area (Å²) in [5.41, 5.74) is 19.0. The Bertz CT molecular complexity index is 3470. The first-order valence-electron chi connectivity index (χ1n) is 32.4. The number of nitrogens with one attached hydrogen (secondary N) is 9. The lowest BCUT2D eigenvalue weighted by atomic mass is 9.96. The Hall–Kier alpha value is -10.2. The van der Waals surface area contributed by atoms with Gasteiger partial charge in [0, 0.05) is 37.1 Å². The number of rotatable bonds is 19. The molecule has 4 aromatic carbocycles. The zero-order valence-electron chi connectivity index (χ0n) is 54.6. The molecule has 17 N–H and O–H groups in total. The molecule has 1 saturated heterocycles. The highest BCUT2D eigenvalue weighted by atomic mass is 16.4. The Morgan fingerprint density at radius 2 is 1.06 bits per heavy atom. The number of anilines is 1. The lowest BCUT2D eigenvalue weighted by Gasteiger charge is -2.30. The molecule has 0 aliphatic carbocycles. The molecule has 10 atom stereocenters. The number of nitrogens with zero attached hydrogens (tertiary/aromatic N) is 2. The molecule has 0 saturated carbocycles. The molecule has 0 unspecified atom stereocenters. The summed E-state index contributed by atoms with van der Waals surface area (Å²) in [7, 11) is 0. The van der Waals surface area contributed by atoms with Gasteiger partial charge in [0.05, 0.1) is 24.3 Å². The SMILES string of the molecule is CC[C@H](C)[C@@H]1NC(=O)[C@H](Cc2ccccc2)NC(=O)[C@H](CC(C)C)NC(=O)[C@H](CC(=O)O)NC(=O)[C@H](Cc2ccccc2)NC(=O)[C@@H]2CCCN2C(=O)c2ccccc2C#Cc2ccccc2NC(=O)[C@H](CO)NC(=O)[C@H](CCCCN)NC(=O)[C@H](CCCN=C(N)N)NC1=O. The van der Waals surface area contributed by atoms with Crippen LogP contribution < -0.4 is 65.1 Å². The first kappa shape index (κ1) is 74.8. The highest BCUT2D eigenvalue weighted by Gasteiger charge is 2.40. The lowest BCUT2D eigenvalue weighted by molar-refractivity contribution is -0.141. The number of benzene rings is 4. The number of carbonyl (C=O) groups is 11. The first-order valence-corrected chi connectivity index (χ1v) is 32.4. The topological polar surface area (TPSA) is 430 Å². The number of aliphatic hydroxyl groups excluding tert-OH is 1. The van der Waals surface area contributed by atoms with Gasteiger partial charge in [0.25, 0.3) is 5.91 Å². The molecule has 0 aromatic heterocycles. The number of para-hydroxylation sites is 1. The first-order chi connectivity index (χ1) is 46.0. The maximum absolute atomic E-state index is 14.9. The second-order valence-corrected chi connectivity index (χ2v) is 24.3. The van der Waals surface area contributed by atoms with E-state index in [1.165, 1.54) is 17.0 Å². The van der Waals surface area contributed by atoms with Crippen molar-refractivity contribution in [1.29, 1.82) is 0 Å². The van der Waals surface area contributed by atoms with Crippen molar-refractivity contribution in [1.82, 2.24) is 47.4 Å². The van der Waals surface area contributed by atoms with E-state index < -0.39 is 138 Å². The summed E-state index contributed by atoms with van der Waals surface area (Å²) in [4.78, 5) is 164. The fraction of sp³-hybridized carbons (Fsp3) is 0.449. The molecule has 4 aromatic rings. The van der Waals surface area contributed by atoms with Crippen LogP contribution in [0.3, 0.4) is 0 Å². The van der Waals surface area contributed by atoms with Crippen molar-refractivity contribution in [3.05, 3.63) is 137 Å². The summed E-state index contributed by atoms with van der Waals surface area (Å²) < 4.78 is 0. The van der Waals surface area contributed by atoms with Crippen LogP contribution in [0.1, 0.15) is 125 Å². The minimum atomic E-state index is -1.84. The molecule has 514 valence electrons. The number of carboxylic acids is 1. The number of carbonyl (C=O) groups excluding carboxylic acids is 10. The normalized spacial score (nSPS) is 22.7. The summed E-state index contributed by atoms with van der Waals surface area (Å²) in [6, 6.07) is 16.9. The Morgan fingerprint density at radius 1 is 0.573 bits per heavy atom. The second-order valence-electron chi connectivity index (χ2n) is 24.3. The van der Waals surface area contributed by atoms with E-state index in [4.69, 9.17) is 17.2 Å². The molecule has 0 spiro atoms. The number of fused-ring (bicyclic) bond motifs is 3. The Labute approximate surface area is 558 Å². The molecule has 0 bridgehead atoms. The molecule has 2 aliphatic rings. The summed E-state index contributed by atoms with van der Waals surface area (Å²) in [6.45, 7) is 6.45. The largest absolute Gasteiger partial charge is 0.481 e. The molecule has 10 amide bonds. The van der Waals surface area contributed by atoms with Crippen molar-refractivity contribution in [2.45, 2.75) is 159 Å². The molecule has 2 heterocycles. The molecule has 1 fully saturated rings. The summed E-state index contributed by atoms with van der Waals surface area (Å²) in [5, 5.41) is 45.0. The van der Waals surface area contributed by atoms with Crippen LogP contribution in [0.2, 0.25) is 0 Å². The zero-order chi connectivity index (χ0) is 69.8. The quantitative estimate of drug-likeness (QED) is 0.0267. The van der Waals surface area contributed by atoms with Crippen LogP contribution in [0, 0.1) is 23.7 Å². The van der Waals surface area contributed by atoms with Gasteiger partial charge in [-0.05, 0) is 105 Å². The standard InChI is InChI=1S/C69H90N14O13/c1-5-42(4)58-67(95)76-50(29-18-34-73-69(71)72)59(87)75-49(28-16-17-33-70)60(88)81-55(40-84)65(93)74-48-27-15-13-25-46(48)32-31-45-24-12-14-26-47(45)68(96)83-35-19-30-56(83)66(94)80-52(37-43-20-8-6-9-21-43)62(90)79-54(39-57(85)86)63(91)77-51(36-41(2)3)61(89)78-53(64(92)82-58)38-44-22-10-7-11-23-44/h6-15,20-27,41-42,49-56,58,84H,5,16-19,28-30,33-40,70H2,1-4H3,(H,74,93)(H,75,87)(H,76,95)(H,77,91)(H,78,89)(H,79,90)(H,80,94)(H,81,88)(H,82,92)(H,85,86)(H4,71,72,73)/t42-,49-,50-,51-,52-,53-,54-,55-,56-,58-/m0/s1. The van der Waals surface area contributed by atoms with E-state index in [1.807, 2.05) is 0 Å². The summed E-state index contributed by atoms with van der Waals surface area (Å²) in [5.74, 6) is -5.15. The van der Waals surface area contributed by atoms with Crippen molar-refractivity contribution in [3.8, 4) is 11.8 Å². The van der Waals surface area contributed by atoms with Crippen LogP contribution in [-0.4, -0.2) is 167 Å². The van der Waals surface area contributed by atoms with Gasteiger partial charge >= 0.3 is 5.97 Å². The molecule has 2 aliphatic heterocycles. The van der Waals surface area contributed by atoms with Crippen molar-refractivity contribution in [3.63, 3.8) is 0 Å². The molecular weight excluding hydrogens is 1230 g/mol. The van der Waals surface area contributed by atoms with E-state index in [9.17, 15) is 63.0 Å². The zero-order valence-corrected chi connectivity index (χ0v) is 54.6. The van der Waals surface area contributed by atoms with Gasteiger partial charge in [-0.2, -0.15) is 0 Å². The van der Waals surface area contributed by atoms with Crippen LogP contribution in [0.5, 0.6) is 0 Å². The van der Waals surface area contributed by atoms with Gasteiger partial charge in [0.2, 0.25) is 53.2 Å². The number of aliphatic imine (C=N–C) groups is 1. The highest BCUT2D eigenvalue weighted by molar-refractivity contribution is 6.03. The van der Waals surface area contributed by atoms with Gasteiger partial charge in [-0.1, -0.05) is 131 Å². The number of aliphatic carboxylic acids is 1. The second kappa shape index (κ2) is 37.6. The minimum Gasteiger partial charge on any atom is -0.481 e. The maximum atomic E-state index is 14.9. The molecule has 96 heavy (non-hydrogen) atoms.